The van der Waals surface area contributed by atoms with Gasteiger partial charge in [0.25, 0.3) is 5.56 Å². The minimum Gasteiger partial charge on any atom is -0.300 e. The van der Waals surface area contributed by atoms with Gasteiger partial charge in [0.2, 0.25) is 0 Å². The van der Waals surface area contributed by atoms with Gasteiger partial charge in [0.05, 0.1) is 0 Å². The number of nitrogens with zero attached hydrogens (tertiary/aromatic N) is 1. The summed E-state index contributed by atoms with van der Waals surface area (Å²) < 4.78 is 37.1. The normalized spacial score (nSPS) is 12.1. The maximum absolute atomic E-state index is 12.1. The third kappa shape index (κ3) is 1.24. The summed E-state index contributed by atoms with van der Waals surface area (Å²) in [5.41, 5.74) is -2.32. The second-order valence-electron chi connectivity index (χ2n) is 2.47. The van der Waals surface area contributed by atoms with Crippen molar-refractivity contribution in [2.45, 2.75) is 13.1 Å². The molecule has 0 aromatic carbocycles. The van der Waals surface area contributed by atoms with Crippen molar-refractivity contribution < 1.29 is 13.2 Å². The van der Waals surface area contributed by atoms with Crippen molar-refractivity contribution in [3.05, 3.63) is 21.6 Å². The van der Waals surface area contributed by atoms with E-state index in [1.807, 2.05) is 0 Å². The molecule has 1 heterocycles. The van der Waals surface area contributed by atoms with Crippen LogP contribution in [0.25, 0.3) is 0 Å². The highest BCUT2D eigenvalue weighted by Crippen LogP contribution is 2.28. The van der Waals surface area contributed by atoms with Crippen molar-refractivity contribution in [2.24, 2.45) is 7.05 Å². The van der Waals surface area contributed by atoms with Crippen LogP contribution in [0.5, 0.6) is 0 Å². The van der Waals surface area contributed by atoms with E-state index in [-0.39, 0.29) is 5.69 Å². The molecule has 0 fully saturated rings. The number of aryl methyl sites for hydroxylation is 2. The number of H-pyrrole nitrogens is 1. The Morgan fingerprint density at radius 3 is 2.08 bits per heavy atom. The van der Waals surface area contributed by atoms with Gasteiger partial charge < -0.3 is 0 Å². The largest absolute Gasteiger partial charge is 0.423 e. The van der Waals surface area contributed by atoms with E-state index in [4.69, 9.17) is 0 Å². The smallest absolute Gasteiger partial charge is 0.300 e. The molecule has 0 bridgehead atoms. The number of hydrogen-bond acceptors (Lipinski definition) is 1. The van der Waals surface area contributed by atoms with E-state index >= 15 is 0 Å². The lowest BCUT2D eigenvalue weighted by Crippen LogP contribution is -2.21. The molecule has 0 unspecified atom stereocenters. The number of alkyl halides is 3. The van der Waals surface area contributed by atoms with E-state index in [1.165, 1.54) is 14.0 Å². The number of hydrogen-bond donors (Lipinski definition) is 1. The van der Waals surface area contributed by atoms with Crippen LogP contribution in [-0.4, -0.2) is 9.78 Å². The molecule has 0 saturated heterocycles. The first kappa shape index (κ1) is 8.89. The number of aromatic amines is 1. The second kappa shape index (κ2) is 2.40. The number of nitrogens with one attached hydrogen (secondary N) is 1. The minimum absolute atomic E-state index is 0.157. The van der Waals surface area contributed by atoms with Crippen molar-refractivity contribution in [1.29, 1.82) is 0 Å². The van der Waals surface area contributed by atoms with E-state index in [0.29, 0.717) is 0 Å². The van der Waals surface area contributed by atoms with Crippen LogP contribution in [-0.2, 0) is 13.2 Å². The Balaban J connectivity index is 3.43. The van der Waals surface area contributed by atoms with Gasteiger partial charge in [-0.25, -0.2) is 0 Å². The molecule has 0 aliphatic carbocycles. The fourth-order valence-electron chi connectivity index (χ4n) is 1.02. The molecule has 0 aliphatic rings. The first-order valence-corrected chi connectivity index (χ1v) is 3.17. The van der Waals surface area contributed by atoms with Gasteiger partial charge in [0.15, 0.2) is 0 Å². The zero-order valence-corrected chi connectivity index (χ0v) is 6.49. The molecule has 6 heteroatoms. The van der Waals surface area contributed by atoms with Gasteiger partial charge in [-0.3, -0.25) is 14.6 Å². The van der Waals surface area contributed by atoms with E-state index in [9.17, 15) is 18.0 Å². The monoisotopic (exact) mass is 180 g/mol. The van der Waals surface area contributed by atoms with Crippen LogP contribution in [0.4, 0.5) is 13.2 Å². The van der Waals surface area contributed by atoms with Crippen LogP contribution in [0.2, 0.25) is 0 Å². The Labute approximate surface area is 65.8 Å². The topological polar surface area (TPSA) is 37.8 Å². The molecule has 1 aromatic rings. The molecular formula is C6H7F3N2O. The Morgan fingerprint density at radius 2 is 1.92 bits per heavy atom. The van der Waals surface area contributed by atoms with Crippen LogP contribution in [0, 0.1) is 6.92 Å². The molecule has 0 saturated carbocycles. The highest BCUT2D eigenvalue weighted by atomic mass is 19.4. The van der Waals surface area contributed by atoms with Crippen molar-refractivity contribution >= 4 is 0 Å². The van der Waals surface area contributed by atoms with E-state index in [2.05, 4.69) is 5.10 Å². The SMILES string of the molecule is Cc1[nH]n(C)c(=O)c1C(F)(F)F. The lowest BCUT2D eigenvalue weighted by atomic mass is 10.2. The predicted molar refractivity (Wildman–Crippen MR) is 35.8 cm³/mol. The molecule has 1 rings (SSSR count). The Hall–Kier alpha value is -1.20. The van der Waals surface area contributed by atoms with Crippen molar-refractivity contribution in [3.63, 3.8) is 0 Å². The molecule has 3 nitrogen and oxygen atoms in total. The van der Waals surface area contributed by atoms with Gasteiger partial charge in [0, 0.05) is 12.7 Å². The number of rotatable bonds is 0. The van der Waals surface area contributed by atoms with Crippen molar-refractivity contribution in [1.82, 2.24) is 9.78 Å². The van der Waals surface area contributed by atoms with Crippen LogP contribution in [0.15, 0.2) is 4.79 Å². The fraction of sp³-hybridized carbons (Fsp3) is 0.500. The molecule has 0 radical (unpaired) electrons. The molecule has 1 N–H and O–H groups in total. The molecule has 0 atom stereocenters. The predicted octanol–water partition coefficient (Wildman–Crippen LogP) is 1.04. The summed E-state index contributed by atoms with van der Waals surface area (Å²) in [7, 11) is 1.24. The van der Waals surface area contributed by atoms with Gasteiger partial charge in [-0.05, 0) is 6.92 Å². The second-order valence-corrected chi connectivity index (χ2v) is 2.47. The minimum atomic E-state index is -4.57. The highest BCUT2D eigenvalue weighted by Gasteiger charge is 2.37. The van der Waals surface area contributed by atoms with Crippen molar-refractivity contribution in [2.75, 3.05) is 0 Å². The fourth-order valence-corrected chi connectivity index (χ4v) is 1.02. The maximum Gasteiger partial charge on any atom is 0.423 e. The summed E-state index contributed by atoms with van der Waals surface area (Å²) in [5.74, 6) is 0. The lowest BCUT2D eigenvalue weighted by Gasteiger charge is -2.01. The third-order valence-corrected chi connectivity index (χ3v) is 1.51. The number of halogens is 3. The molecule has 0 amide bonds. The molecular weight excluding hydrogens is 173 g/mol. The van der Waals surface area contributed by atoms with E-state index < -0.39 is 17.3 Å². The average Bonchev–Trinajstić information content (AvgIpc) is 2.05. The Kier molecular flexibility index (Phi) is 1.78. The van der Waals surface area contributed by atoms with Crippen LogP contribution in [0.3, 0.4) is 0 Å². The summed E-state index contributed by atoms with van der Waals surface area (Å²) in [6.45, 7) is 1.21. The zero-order valence-electron chi connectivity index (χ0n) is 6.49. The van der Waals surface area contributed by atoms with Crippen LogP contribution < -0.4 is 5.56 Å². The van der Waals surface area contributed by atoms with Crippen LogP contribution >= 0.6 is 0 Å². The summed E-state index contributed by atoms with van der Waals surface area (Å²) >= 11 is 0. The van der Waals surface area contributed by atoms with Gasteiger partial charge in [-0.1, -0.05) is 0 Å². The average molecular weight is 180 g/mol. The summed E-state index contributed by atoms with van der Waals surface area (Å²) in [5, 5.41) is 2.27. The lowest BCUT2D eigenvalue weighted by molar-refractivity contribution is -0.138. The number of aromatic nitrogens is 2. The van der Waals surface area contributed by atoms with E-state index in [1.54, 1.807) is 0 Å². The molecule has 1 aromatic heterocycles. The Bertz CT molecular complexity index is 347. The quantitative estimate of drug-likeness (QED) is 0.636. The molecule has 0 spiro atoms. The van der Waals surface area contributed by atoms with Crippen molar-refractivity contribution in [3.8, 4) is 0 Å². The zero-order chi connectivity index (χ0) is 9.52. The summed E-state index contributed by atoms with van der Waals surface area (Å²) in [6.07, 6.45) is -4.57. The first-order valence-electron chi connectivity index (χ1n) is 3.17. The van der Waals surface area contributed by atoms with Gasteiger partial charge in [0.1, 0.15) is 5.56 Å². The Morgan fingerprint density at radius 1 is 1.42 bits per heavy atom. The van der Waals surface area contributed by atoms with Gasteiger partial charge in [-0.15, -0.1) is 0 Å². The molecule has 0 aliphatic heterocycles. The first-order chi connectivity index (χ1) is 5.34. The van der Waals surface area contributed by atoms with Crippen LogP contribution in [0.1, 0.15) is 11.3 Å². The summed E-state index contributed by atoms with van der Waals surface area (Å²) in [6, 6.07) is 0. The standard InChI is InChI=1S/C6H7F3N2O/c1-3-4(6(7,8)9)5(12)11(2)10-3/h10H,1-2H3. The van der Waals surface area contributed by atoms with Gasteiger partial charge in [-0.2, -0.15) is 13.2 Å². The molecule has 12 heavy (non-hydrogen) atoms. The van der Waals surface area contributed by atoms with E-state index in [0.717, 1.165) is 4.68 Å². The maximum atomic E-state index is 12.1. The summed E-state index contributed by atoms with van der Waals surface area (Å²) in [4.78, 5) is 10.8. The highest BCUT2D eigenvalue weighted by molar-refractivity contribution is 5.18. The third-order valence-electron chi connectivity index (χ3n) is 1.51. The van der Waals surface area contributed by atoms with Gasteiger partial charge >= 0.3 is 6.18 Å². The molecule has 68 valence electrons.